The van der Waals surface area contributed by atoms with Crippen molar-refractivity contribution in [3.05, 3.63) is 35.4 Å². The molecule has 28 heavy (non-hydrogen) atoms. The molecule has 158 valence electrons. The number of aliphatic imine (C=N–C) groups is 1. The maximum absolute atomic E-state index is 13.2. The standard InChI is InChI=1S/C20H28F3N3O.HI/c21-20(22,23)16-6-4-5-15(13-16)19(9-11-27-12-10-19)14-25-18(24)26-17-7-2-1-3-8-17;/h4-6,13,17H,1-3,7-12,14H2,(H3,24,25,26);1H. The van der Waals surface area contributed by atoms with Crippen LogP contribution in [0.15, 0.2) is 29.3 Å². The molecule has 0 spiro atoms. The average molecular weight is 511 g/mol. The number of nitrogens with two attached hydrogens (primary N) is 1. The smallest absolute Gasteiger partial charge is 0.381 e. The number of ether oxygens (including phenoxy) is 1. The first-order valence-corrected chi connectivity index (χ1v) is 9.71. The van der Waals surface area contributed by atoms with E-state index >= 15 is 0 Å². The van der Waals surface area contributed by atoms with Gasteiger partial charge in [-0.3, -0.25) is 4.99 Å². The van der Waals surface area contributed by atoms with Crippen LogP contribution in [-0.2, 0) is 16.3 Å². The van der Waals surface area contributed by atoms with Crippen molar-refractivity contribution in [3.8, 4) is 0 Å². The molecule has 3 N–H and O–H groups in total. The van der Waals surface area contributed by atoms with Crippen LogP contribution in [0.25, 0.3) is 0 Å². The van der Waals surface area contributed by atoms with Crippen molar-refractivity contribution in [1.82, 2.24) is 5.32 Å². The van der Waals surface area contributed by atoms with E-state index in [2.05, 4.69) is 10.3 Å². The third-order valence-corrected chi connectivity index (χ3v) is 5.76. The van der Waals surface area contributed by atoms with Crippen molar-refractivity contribution in [1.29, 1.82) is 0 Å². The van der Waals surface area contributed by atoms with E-state index in [1.165, 1.54) is 31.4 Å². The summed E-state index contributed by atoms with van der Waals surface area (Å²) in [4.78, 5) is 4.53. The Kier molecular flexibility index (Phi) is 8.42. The monoisotopic (exact) mass is 511 g/mol. The molecule has 0 unspecified atom stereocenters. The van der Waals surface area contributed by atoms with Gasteiger partial charge in [0.15, 0.2) is 5.96 Å². The maximum atomic E-state index is 13.2. The molecule has 4 nitrogen and oxygen atoms in total. The molecule has 3 rings (SSSR count). The third-order valence-electron chi connectivity index (χ3n) is 5.76. The topological polar surface area (TPSA) is 59.6 Å². The van der Waals surface area contributed by atoms with Gasteiger partial charge in [-0.15, -0.1) is 24.0 Å². The SMILES string of the molecule is I.NC(=NCC1(c2cccc(C(F)(F)F)c2)CCOCC1)NC1CCCCC1. The Balaban J connectivity index is 0.00000280. The van der Waals surface area contributed by atoms with E-state index in [0.29, 0.717) is 50.2 Å². The minimum absolute atomic E-state index is 0. The van der Waals surface area contributed by atoms with Crippen molar-refractivity contribution < 1.29 is 17.9 Å². The van der Waals surface area contributed by atoms with Gasteiger partial charge in [0.2, 0.25) is 0 Å². The molecule has 1 aliphatic carbocycles. The molecule has 0 bridgehead atoms. The van der Waals surface area contributed by atoms with Crippen molar-refractivity contribution >= 4 is 29.9 Å². The molecule has 1 aromatic rings. The highest BCUT2D eigenvalue weighted by molar-refractivity contribution is 14.0. The van der Waals surface area contributed by atoms with Crippen molar-refractivity contribution in [2.24, 2.45) is 10.7 Å². The fourth-order valence-corrected chi connectivity index (χ4v) is 4.06. The predicted octanol–water partition coefficient (Wildman–Crippen LogP) is 4.61. The zero-order valence-corrected chi connectivity index (χ0v) is 18.3. The van der Waals surface area contributed by atoms with Crippen LogP contribution in [0.1, 0.15) is 56.1 Å². The summed E-state index contributed by atoms with van der Waals surface area (Å²) in [7, 11) is 0. The quantitative estimate of drug-likeness (QED) is 0.353. The molecule has 1 aliphatic heterocycles. The van der Waals surface area contributed by atoms with E-state index < -0.39 is 17.2 Å². The molecule has 0 radical (unpaired) electrons. The lowest BCUT2D eigenvalue weighted by molar-refractivity contribution is -0.137. The molecule has 0 atom stereocenters. The lowest BCUT2D eigenvalue weighted by atomic mass is 9.74. The lowest BCUT2D eigenvalue weighted by Crippen LogP contribution is -2.43. The number of hydrogen-bond donors (Lipinski definition) is 2. The van der Waals surface area contributed by atoms with Gasteiger partial charge < -0.3 is 15.8 Å². The summed E-state index contributed by atoms with van der Waals surface area (Å²) in [6.45, 7) is 1.40. The Morgan fingerprint density at radius 3 is 2.50 bits per heavy atom. The van der Waals surface area contributed by atoms with Gasteiger partial charge in [0.1, 0.15) is 0 Å². The molecule has 0 aromatic heterocycles. The summed E-state index contributed by atoms with van der Waals surface area (Å²) in [5.41, 5.74) is 5.65. The Labute approximate surface area is 181 Å². The second kappa shape index (κ2) is 10.1. The fraction of sp³-hybridized carbons (Fsp3) is 0.650. The van der Waals surface area contributed by atoms with Gasteiger partial charge in [-0.2, -0.15) is 13.2 Å². The van der Waals surface area contributed by atoms with E-state index in [1.807, 2.05) is 0 Å². The highest BCUT2D eigenvalue weighted by Crippen LogP contribution is 2.38. The zero-order chi connectivity index (χ0) is 19.3. The zero-order valence-electron chi connectivity index (χ0n) is 15.9. The summed E-state index contributed by atoms with van der Waals surface area (Å²) in [6.07, 6.45) is 2.72. The maximum Gasteiger partial charge on any atom is 0.416 e. The highest BCUT2D eigenvalue weighted by Gasteiger charge is 2.37. The van der Waals surface area contributed by atoms with E-state index in [-0.39, 0.29) is 24.0 Å². The van der Waals surface area contributed by atoms with Crippen LogP contribution in [0.5, 0.6) is 0 Å². The molecule has 1 saturated carbocycles. The van der Waals surface area contributed by atoms with E-state index in [4.69, 9.17) is 10.5 Å². The first-order chi connectivity index (χ1) is 12.9. The molecule has 1 heterocycles. The largest absolute Gasteiger partial charge is 0.416 e. The number of alkyl halides is 3. The van der Waals surface area contributed by atoms with Gasteiger partial charge in [0, 0.05) is 24.7 Å². The molecule has 1 saturated heterocycles. The molecule has 8 heteroatoms. The van der Waals surface area contributed by atoms with E-state index in [0.717, 1.165) is 18.9 Å². The Bertz CT molecular complexity index is 654. The second-order valence-corrected chi connectivity index (χ2v) is 7.65. The Hall–Kier alpha value is -1.03. The molecular weight excluding hydrogens is 482 g/mol. The van der Waals surface area contributed by atoms with Crippen LogP contribution in [-0.4, -0.2) is 31.8 Å². The fourth-order valence-electron chi connectivity index (χ4n) is 4.06. The van der Waals surface area contributed by atoms with Crippen molar-refractivity contribution in [2.45, 2.75) is 62.6 Å². The van der Waals surface area contributed by atoms with Gasteiger partial charge in [-0.1, -0.05) is 37.5 Å². The van der Waals surface area contributed by atoms with Crippen molar-refractivity contribution in [2.75, 3.05) is 19.8 Å². The second-order valence-electron chi connectivity index (χ2n) is 7.65. The van der Waals surface area contributed by atoms with Gasteiger partial charge in [0.05, 0.1) is 12.1 Å². The van der Waals surface area contributed by atoms with Gasteiger partial charge in [-0.25, -0.2) is 0 Å². The molecular formula is C20H29F3IN3O. The molecule has 0 amide bonds. The summed E-state index contributed by atoms with van der Waals surface area (Å²) in [5, 5.41) is 3.28. The lowest BCUT2D eigenvalue weighted by Gasteiger charge is -2.37. The first kappa shape index (κ1) is 23.3. The third kappa shape index (κ3) is 5.98. The number of guanidine groups is 1. The predicted molar refractivity (Wildman–Crippen MR) is 115 cm³/mol. The van der Waals surface area contributed by atoms with Crippen LogP contribution in [0, 0.1) is 0 Å². The first-order valence-electron chi connectivity index (χ1n) is 9.71. The van der Waals surface area contributed by atoms with Gasteiger partial charge in [0.25, 0.3) is 0 Å². The molecule has 2 aliphatic rings. The average Bonchev–Trinajstić information content (AvgIpc) is 2.67. The summed E-state index contributed by atoms with van der Waals surface area (Å²) < 4.78 is 44.9. The van der Waals surface area contributed by atoms with Crippen LogP contribution in [0.4, 0.5) is 13.2 Å². The number of halogens is 4. The van der Waals surface area contributed by atoms with Crippen LogP contribution in [0.2, 0.25) is 0 Å². The normalized spacial score (nSPS) is 21.0. The Morgan fingerprint density at radius 1 is 1.18 bits per heavy atom. The minimum atomic E-state index is -4.35. The highest BCUT2D eigenvalue weighted by atomic mass is 127. The summed E-state index contributed by atoms with van der Waals surface area (Å²) in [6, 6.07) is 5.95. The summed E-state index contributed by atoms with van der Waals surface area (Å²) >= 11 is 0. The number of nitrogens with zero attached hydrogens (tertiary/aromatic N) is 1. The summed E-state index contributed by atoms with van der Waals surface area (Å²) in [5.74, 6) is 0.389. The van der Waals surface area contributed by atoms with Crippen LogP contribution >= 0.6 is 24.0 Å². The van der Waals surface area contributed by atoms with Crippen LogP contribution < -0.4 is 11.1 Å². The number of benzene rings is 1. The number of nitrogens with one attached hydrogen (secondary N) is 1. The van der Waals surface area contributed by atoms with Gasteiger partial charge >= 0.3 is 6.18 Å². The molecule has 2 fully saturated rings. The number of rotatable bonds is 4. The van der Waals surface area contributed by atoms with Gasteiger partial charge in [-0.05, 0) is 37.3 Å². The number of hydrogen-bond acceptors (Lipinski definition) is 2. The molecule has 1 aromatic carbocycles. The van der Waals surface area contributed by atoms with Crippen molar-refractivity contribution in [3.63, 3.8) is 0 Å². The van der Waals surface area contributed by atoms with E-state index in [9.17, 15) is 13.2 Å². The minimum Gasteiger partial charge on any atom is -0.381 e. The van der Waals surface area contributed by atoms with E-state index in [1.54, 1.807) is 6.07 Å². The van der Waals surface area contributed by atoms with Crippen LogP contribution in [0.3, 0.4) is 0 Å². The Morgan fingerprint density at radius 2 is 1.86 bits per heavy atom.